The van der Waals surface area contributed by atoms with Crippen LogP contribution in [0.1, 0.15) is 10.5 Å². The van der Waals surface area contributed by atoms with E-state index in [4.69, 9.17) is 0 Å². The predicted octanol–water partition coefficient (Wildman–Crippen LogP) is 2.05. The summed E-state index contributed by atoms with van der Waals surface area (Å²) in [6.45, 7) is 0. The number of carbonyl (C=O) groups is 1. The minimum atomic E-state index is -0.456. The number of aromatic nitrogens is 2. The van der Waals surface area contributed by atoms with Gasteiger partial charge in [-0.1, -0.05) is 0 Å². The first-order valence-corrected chi connectivity index (χ1v) is 4.29. The first kappa shape index (κ1) is 8.37. The number of nitrogens with zero attached hydrogens (tertiary/aromatic N) is 2. The zero-order chi connectivity index (χ0) is 9.42. The Hall–Kier alpha value is -1.23. The quantitative estimate of drug-likeness (QED) is 0.718. The first-order valence-electron chi connectivity index (χ1n) is 3.49. The van der Waals surface area contributed by atoms with Crippen molar-refractivity contribution in [3.05, 3.63) is 34.4 Å². The van der Waals surface area contributed by atoms with Gasteiger partial charge in [-0.05, 0) is 22.0 Å². The normalized spacial score (nSPS) is 10.6. The Morgan fingerprint density at radius 3 is 3.00 bits per heavy atom. The molecule has 0 saturated carbocycles. The van der Waals surface area contributed by atoms with Gasteiger partial charge in [-0.25, -0.2) is 9.37 Å². The van der Waals surface area contributed by atoms with Gasteiger partial charge in [0.2, 0.25) is 0 Å². The lowest BCUT2D eigenvalue weighted by molar-refractivity contribution is 0.111. The molecule has 2 aromatic rings. The van der Waals surface area contributed by atoms with Crippen LogP contribution in [0.25, 0.3) is 5.65 Å². The molecule has 2 aromatic heterocycles. The molecule has 0 spiro atoms. The van der Waals surface area contributed by atoms with Gasteiger partial charge >= 0.3 is 0 Å². The van der Waals surface area contributed by atoms with Gasteiger partial charge in [0.05, 0.1) is 0 Å². The molecule has 0 saturated heterocycles. The zero-order valence-electron chi connectivity index (χ0n) is 6.37. The van der Waals surface area contributed by atoms with Crippen molar-refractivity contribution in [3.8, 4) is 0 Å². The van der Waals surface area contributed by atoms with E-state index in [9.17, 15) is 9.18 Å². The molecule has 2 heterocycles. The SMILES string of the molecule is O=Cc1cn2cc(Br)cc(F)c2n1. The number of hydrogen-bond acceptors (Lipinski definition) is 2. The number of carbonyl (C=O) groups excluding carboxylic acids is 1. The molecule has 66 valence electrons. The Balaban J connectivity index is 2.82. The van der Waals surface area contributed by atoms with Gasteiger partial charge in [0.1, 0.15) is 5.69 Å². The summed E-state index contributed by atoms with van der Waals surface area (Å²) in [6, 6.07) is 1.30. The minimum Gasteiger partial charge on any atom is -0.303 e. The van der Waals surface area contributed by atoms with Crippen molar-refractivity contribution < 1.29 is 9.18 Å². The summed E-state index contributed by atoms with van der Waals surface area (Å²) in [5.41, 5.74) is 0.377. The van der Waals surface area contributed by atoms with E-state index >= 15 is 0 Å². The number of hydrogen-bond donors (Lipinski definition) is 0. The number of pyridine rings is 1. The molecule has 0 amide bonds. The van der Waals surface area contributed by atoms with E-state index < -0.39 is 5.82 Å². The second-order valence-electron chi connectivity index (χ2n) is 2.52. The molecule has 3 nitrogen and oxygen atoms in total. The fourth-order valence-electron chi connectivity index (χ4n) is 1.10. The zero-order valence-corrected chi connectivity index (χ0v) is 7.95. The van der Waals surface area contributed by atoms with Crippen LogP contribution in [-0.2, 0) is 0 Å². The lowest BCUT2D eigenvalue weighted by Crippen LogP contribution is -1.87. The molecule has 2 rings (SSSR count). The molecule has 0 fully saturated rings. The van der Waals surface area contributed by atoms with E-state index in [0.29, 0.717) is 10.8 Å². The van der Waals surface area contributed by atoms with Gasteiger partial charge in [-0.2, -0.15) is 0 Å². The van der Waals surface area contributed by atoms with Crippen LogP contribution in [0.5, 0.6) is 0 Å². The molecule has 0 aliphatic rings. The van der Waals surface area contributed by atoms with Crippen molar-refractivity contribution in [2.45, 2.75) is 0 Å². The highest BCUT2D eigenvalue weighted by atomic mass is 79.9. The Bertz CT molecular complexity index is 480. The van der Waals surface area contributed by atoms with Crippen molar-refractivity contribution in [1.29, 1.82) is 0 Å². The van der Waals surface area contributed by atoms with E-state index in [1.807, 2.05) is 0 Å². The third kappa shape index (κ3) is 1.35. The van der Waals surface area contributed by atoms with Crippen molar-refractivity contribution in [2.75, 3.05) is 0 Å². The Kier molecular flexibility index (Phi) is 1.88. The van der Waals surface area contributed by atoms with Crippen molar-refractivity contribution >= 4 is 27.9 Å². The monoisotopic (exact) mass is 242 g/mol. The molecule has 0 unspecified atom stereocenters. The second kappa shape index (κ2) is 2.92. The van der Waals surface area contributed by atoms with Gasteiger partial charge in [-0.15, -0.1) is 0 Å². The highest BCUT2D eigenvalue weighted by Gasteiger charge is 2.06. The molecule has 0 atom stereocenters. The van der Waals surface area contributed by atoms with Crippen LogP contribution in [0.3, 0.4) is 0 Å². The van der Waals surface area contributed by atoms with Crippen molar-refractivity contribution in [3.63, 3.8) is 0 Å². The van der Waals surface area contributed by atoms with Crippen molar-refractivity contribution in [2.24, 2.45) is 0 Å². The summed E-state index contributed by atoms with van der Waals surface area (Å²) in [4.78, 5) is 14.1. The smallest absolute Gasteiger partial charge is 0.173 e. The fourth-order valence-corrected chi connectivity index (χ4v) is 1.52. The standard InChI is InChI=1S/C8H4BrFN2O/c9-5-1-7(10)8-11-6(4-13)3-12(8)2-5/h1-4H. The van der Waals surface area contributed by atoms with Gasteiger partial charge in [0.25, 0.3) is 0 Å². The molecular formula is C8H4BrFN2O. The molecule has 0 radical (unpaired) electrons. The lowest BCUT2D eigenvalue weighted by Gasteiger charge is -1.94. The average molecular weight is 243 g/mol. The van der Waals surface area contributed by atoms with Crippen LogP contribution in [0.4, 0.5) is 4.39 Å². The Labute approximate surface area is 81.3 Å². The average Bonchev–Trinajstić information content (AvgIpc) is 2.47. The molecule has 5 heteroatoms. The van der Waals surface area contributed by atoms with E-state index in [-0.39, 0.29) is 11.3 Å². The molecule has 0 N–H and O–H groups in total. The summed E-state index contributed by atoms with van der Waals surface area (Å²) in [5, 5.41) is 0. The largest absolute Gasteiger partial charge is 0.303 e. The van der Waals surface area contributed by atoms with Crippen LogP contribution in [0.15, 0.2) is 22.9 Å². The summed E-state index contributed by atoms with van der Waals surface area (Å²) in [7, 11) is 0. The molecular weight excluding hydrogens is 239 g/mol. The van der Waals surface area contributed by atoms with Crippen LogP contribution in [-0.4, -0.2) is 15.7 Å². The van der Waals surface area contributed by atoms with Crippen LogP contribution >= 0.6 is 15.9 Å². The van der Waals surface area contributed by atoms with Crippen LogP contribution < -0.4 is 0 Å². The van der Waals surface area contributed by atoms with E-state index in [1.165, 1.54) is 16.7 Å². The van der Waals surface area contributed by atoms with Gasteiger partial charge in [0.15, 0.2) is 17.8 Å². The maximum Gasteiger partial charge on any atom is 0.173 e. The second-order valence-corrected chi connectivity index (χ2v) is 3.44. The Morgan fingerprint density at radius 1 is 1.54 bits per heavy atom. The number of imidazole rings is 1. The third-order valence-electron chi connectivity index (χ3n) is 1.61. The minimum absolute atomic E-state index is 0.158. The van der Waals surface area contributed by atoms with E-state index in [0.717, 1.165) is 0 Å². The van der Waals surface area contributed by atoms with Gasteiger partial charge in [0, 0.05) is 16.9 Å². The summed E-state index contributed by atoms with van der Waals surface area (Å²) in [5.74, 6) is -0.456. The Morgan fingerprint density at radius 2 is 2.31 bits per heavy atom. The molecule has 0 aromatic carbocycles. The number of rotatable bonds is 1. The number of halogens is 2. The van der Waals surface area contributed by atoms with E-state index in [1.54, 1.807) is 6.20 Å². The topological polar surface area (TPSA) is 34.4 Å². The molecule has 0 bridgehead atoms. The van der Waals surface area contributed by atoms with Crippen molar-refractivity contribution in [1.82, 2.24) is 9.38 Å². The predicted molar refractivity (Wildman–Crippen MR) is 48.2 cm³/mol. The van der Waals surface area contributed by atoms with Gasteiger partial charge in [-0.3, -0.25) is 4.79 Å². The molecule has 0 aliphatic heterocycles. The number of aldehydes is 1. The molecule has 13 heavy (non-hydrogen) atoms. The fraction of sp³-hybridized carbons (Fsp3) is 0. The summed E-state index contributed by atoms with van der Waals surface area (Å²) in [6.07, 6.45) is 3.69. The highest BCUT2D eigenvalue weighted by Crippen LogP contribution is 2.15. The maximum atomic E-state index is 13.2. The summed E-state index contributed by atoms with van der Waals surface area (Å²) < 4.78 is 15.2. The number of fused-ring (bicyclic) bond motifs is 1. The third-order valence-corrected chi connectivity index (χ3v) is 2.05. The molecule has 0 aliphatic carbocycles. The summed E-state index contributed by atoms with van der Waals surface area (Å²) >= 11 is 3.14. The van der Waals surface area contributed by atoms with Gasteiger partial charge < -0.3 is 4.40 Å². The highest BCUT2D eigenvalue weighted by molar-refractivity contribution is 9.10. The first-order chi connectivity index (χ1) is 6.20. The maximum absolute atomic E-state index is 13.2. The van der Waals surface area contributed by atoms with E-state index in [2.05, 4.69) is 20.9 Å². The van der Waals surface area contributed by atoms with Crippen LogP contribution in [0.2, 0.25) is 0 Å². The lowest BCUT2D eigenvalue weighted by atomic mass is 10.4. The van der Waals surface area contributed by atoms with Crippen LogP contribution in [0, 0.1) is 5.82 Å².